The second-order valence-corrected chi connectivity index (χ2v) is 9.09. The zero-order valence-electron chi connectivity index (χ0n) is 14.5. The molecular weight excluding hydrogens is 342 g/mol. The second kappa shape index (κ2) is 5.85. The van der Waals surface area contributed by atoms with Crippen LogP contribution >= 0.6 is 0 Å². The molecular formula is C22H21NO2S. The van der Waals surface area contributed by atoms with E-state index < -0.39 is 10.0 Å². The van der Waals surface area contributed by atoms with Crippen LogP contribution in [0.3, 0.4) is 0 Å². The third-order valence-corrected chi connectivity index (χ3v) is 7.61. The molecule has 1 fully saturated rings. The van der Waals surface area contributed by atoms with E-state index in [1.807, 2.05) is 24.3 Å². The van der Waals surface area contributed by atoms with E-state index in [-0.39, 0.29) is 12.0 Å². The van der Waals surface area contributed by atoms with Crippen molar-refractivity contribution in [3.05, 3.63) is 83.5 Å². The zero-order valence-corrected chi connectivity index (χ0v) is 15.3. The van der Waals surface area contributed by atoms with Gasteiger partial charge in [0, 0.05) is 5.92 Å². The van der Waals surface area contributed by atoms with Crippen LogP contribution in [0.1, 0.15) is 37.2 Å². The van der Waals surface area contributed by atoms with Crippen LogP contribution in [0.25, 0.3) is 0 Å². The molecule has 2 aliphatic carbocycles. The Morgan fingerprint density at radius 2 is 1.46 bits per heavy atom. The number of rotatable bonds is 2. The predicted octanol–water partition coefficient (Wildman–Crippen LogP) is 4.79. The van der Waals surface area contributed by atoms with Crippen LogP contribution in [0, 0.1) is 0 Å². The number of fused-ring (bicyclic) bond motifs is 4. The number of hydrogen-bond acceptors (Lipinski definition) is 2. The first-order valence-corrected chi connectivity index (χ1v) is 10.7. The van der Waals surface area contributed by atoms with Crippen molar-refractivity contribution in [2.75, 3.05) is 4.31 Å². The first kappa shape index (κ1) is 15.9. The number of anilines is 1. The van der Waals surface area contributed by atoms with Crippen molar-refractivity contribution in [3.63, 3.8) is 0 Å². The Balaban J connectivity index is 1.69. The molecule has 0 saturated heterocycles. The minimum atomic E-state index is -3.60. The summed E-state index contributed by atoms with van der Waals surface area (Å²) in [6.45, 7) is 0. The van der Waals surface area contributed by atoms with E-state index >= 15 is 0 Å². The van der Waals surface area contributed by atoms with Gasteiger partial charge in [-0.25, -0.2) is 8.42 Å². The van der Waals surface area contributed by atoms with Gasteiger partial charge in [-0.05, 0) is 60.6 Å². The number of hydrogen-bond donors (Lipinski definition) is 0. The molecule has 3 aliphatic rings. The summed E-state index contributed by atoms with van der Waals surface area (Å²) in [6, 6.07) is 16.6. The number of para-hydroxylation sites is 1. The molecule has 0 amide bonds. The van der Waals surface area contributed by atoms with Gasteiger partial charge < -0.3 is 0 Å². The number of benzene rings is 2. The number of allylic oxidation sites excluding steroid dienone is 2. The summed E-state index contributed by atoms with van der Waals surface area (Å²) in [5.74, 6) is 0.113. The Morgan fingerprint density at radius 3 is 2.23 bits per heavy atom. The van der Waals surface area contributed by atoms with Crippen LogP contribution in [0.5, 0.6) is 0 Å². The van der Waals surface area contributed by atoms with Gasteiger partial charge in [-0.1, -0.05) is 48.6 Å². The molecule has 4 heteroatoms. The Kier molecular flexibility index (Phi) is 3.57. The van der Waals surface area contributed by atoms with Crippen LogP contribution in [0.2, 0.25) is 0 Å². The zero-order chi connectivity index (χ0) is 17.7. The smallest absolute Gasteiger partial charge is 0.258 e. The van der Waals surface area contributed by atoms with Crippen LogP contribution in [0.15, 0.2) is 82.8 Å². The Labute approximate surface area is 154 Å². The van der Waals surface area contributed by atoms with Crippen LogP contribution in [-0.2, 0) is 10.0 Å². The minimum absolute atomic E-state index is 0.113. The van der Waals surface area contributed by atoms with Gasteiger partial charge in [-0.15, -0.1) is 0 Å². The maximum atomic E-state index is 13.5. The van der Waals surface area contributed by atoms with Crippen molar-refractivity contribution in [2.24, 2.45) is 0 Å². The van der Waals surface area contributed by atoms with Crippen molar-refractivity contribution in [2.45, 2.75) is 42.5 Å². The third kappa shape index (κ3) is 2.28. The van der Waals surface area contributed by atoms with Gasteiger partial charge in [0.1, 0.15) is 0 Å². The molecule has 1 heterocycles. The molecule has 0 radical (unpaired) electrons. The number of nitrogens with zero attached hydrogens (tertiary/aromatic N) is 1. The van der Waals surface area contributed by atoms with Crippen LogP contribution in [0.4, 0.5) is 5.69 Å². The predicted molar refractivity (Wildman–Crippen MR) is 104 cm³/mol. The van der Waals surface area contributed by atoms with Gasteiger partial charge in [0.05, 0.1) is 16.6 Å². The quantitative estimate of drug-likeness (QED) is 0.769. The maximum absolute atomic E-state index is 13.5. The van der Waals surface area contributed by atoms with Crippen LogP contribution < -0.4 is 4.31 Å². The molecule has 0 bridgehead atoms. The topological polar surface area (TPSA) is 37.4 Å². The number of sulfonamides is 1. The fourth-order valence-electron chi connectivity index (χ4n) is 4.57. The van der Waals surface area contributed by atoms with Crippen molar-refractivity contribution >= 4 is 15.7 Å². The molecule has 1 saturated carbocycles. The molecule has 2 atom stereocenters. The average Bonchev–Trinajstić information content (AvgIpc) is 3.01. The van der Waals surface area contributed by atoms with Crippen molar-refractivity contribution in [1.29, 1.82) is 0 Å². The Bertz CT molecular complexity index is 1020. The lowest BCUT2D eigenvalue weighted by Crippen LogP contribution is -2.39. The summed E-state index contributed by atoms with van der Waals surface area (Å²) in [4.78, 5) is 0.354. The van der Waals surface area contributed by atoms with Gasteiger partial charge in [-0.3, -0.25) is 4.31 Å². The van der Waals surface area contributed by atoms with Gasteiger partial charge in [-0.2, -0.15) is 0 Å². The first-order chi connectivity index (χ1) is 12.7. The standard InChI is InChI=1S/C22H21NO2S/c24-26(25,18-10-2-1-3-11-18)23-21-13-7-6-12-19(21)20-14-16-8-4-5-9-17(16)15-22(20)23/h1-3,6-7,10-15,20,22H,4-5,8-9H2/t20-,22-/m0/s1. The minimum Gasteiger partial charge on any atom is -0.258 e. The average molecular weight is 363 g/mol. The highest BCUT2D eigenvalue weighted by Gasteiger charge is 2.44. The van der Waals surface area contributed by atoms with E-state index in [9.17, 15) is 8.42 Å². The van der Waals surface area contributed by atoms with Gasteiger partial charge in [0.25, 0.3) is 10.0 Å². The molecule has 1 aliphatic heterocycles. The van der Waals surface area contributed by atoms with E-state index in [1.165, 1.54) is 24.0 Å². The van der Waals surface area contributed by atoms with E-state index in [1.54, 1.807) is 28.6 Å². The van der Waals surface area contributed by atoms with Crippen molar-refractivity contribution < 1.29 is 8.42 Å². The molecule has 0 N–H and O–H groups in total. The molecule has 0 spiro atoms. The van der Waals surface area contributed by atoms with E-state index in [4.69, 9.17) is 0 Å². The highest BCUT2D eigenvalue weighted by atomic mass is 32.2. The van der Waals surface area contributed by atoms with E-state index in [2.05, 4.69) is 18.2 Å². The first-order valence-electron chi connectivity index (χ1n) is 9.26. The Hall–Kier alpha value is -2.33. The lowest BCUT2D eigenvalue weighted by molar-refractivity contribution is 0.581. The molecule has 0 unspecified atom stereocenters. The Morgan fingerprint density at radius 1 is 0.808 bits per heavy atom. The van der Waals surface area contributed by atoms with Crippen molar-refractivity contribution in [3.8, 4) is 0 Å². The summed E-state index contributed by atoms with van der Waals surface area (Å²) >= 11 is 0. The normalized spacial score (nSPS) is 24.2. The highest BCUT2D eigenvalue weighted by molar-refractivity contribution is 7.93. The molecule has 26 heavy (non-hydrogen) atoms. The molecule has 2 aromatic carbocycles. The highest BCUT2D eigenvalue weighted by Crippen LogP contribution is 2.49. The van der Waals surface area contributed by atoms with Crippen LogP contribution in [-0.4, -0.2) is 14.5 Å². The lowest BCUT2D eigenvalue weighted by atomic mass is 9.79. The maximum Gasteiger partial charge on any atom is 0.264 e. The van der Waals surface area contributed by atoms with Crippen molar-refractivity contribution in [1.82, 2.24) is 0 Å². The lowest BCUT2D eigenvalue weighted by Gasteiger charge is -2.32. The van der Waals surface area contributed by atoms with E-state index in [0.717, 1.165) is 24.1 Å². The molecule has 3 nitrogen and oxygen atoms in total. The summed E-state index contributed by atoms with van der Waals surface area (Å²) in [5, 5.41) is 0. The SMILES string of the molecule is O=S(=O)(c1ccccc1)N1c2ccccc2[C@@H]2C=C3CCCCC3=C[C@@H]21. The summed E-state index contributed by atoms with van der Waals surface area (Å²) in [7, 11) is -3.60. The van der Waals surface area contributed by atoms with Gasteiger partial charge in [0.15, 0.2) is 0 Å². The molecule has 132 valence electrons. The van der Waals surface area contributed by atoms with E-state index in [0.29, 0.717) is 4.90 Å². The molecule has 5 rings (SSSR count). The molecule has 0 aromatic heterocycles. The fourth-order valence-corrected chi connectivity index (χ4v) is 6.24. The summed E-state index contributed by atoms with van der Waals surface area (Å²) in [5.41, 5.74) is 4.70. The third-order valence-electron chi connectivity index (χ3n) is 5.78. The molecule has 2 aromatic rings. The van der Waals surface area contributed by atoms with Gasteiger partial charge in [0.2, 0.25) is 0 Å². The van der Waals surface area contributed by atoms with Gasteiger partial charge >= 0.3 is 0 Å². The summed E-state index contributed by atoms with van der Waals surface area (Å²) in [6.07, 6.45) is 9.15. The largest absolute Gasteiger partial charge is 0.264 e. The fraction of sp³-hybridized carbons (Fsp3) is 0.273. The second-order valence-electron chi connectivity index (χ2n) is 7.28. The monoisotopic (exact) mass is 363 g/mol. The summed E-state index contributed by atoms with van der Waals surface area (Å²) < 4.78 is 28.6.